The van der Waals surface area contributed by atoms with Gasteiger partial charge in [-0.3, -0.25) is 0 Å². The molecule has 2 heterocycles. The Labute approximate surface area is 144 Å². The van der Waals surface area contributed by atoms with Crippen molar-refractivity contribution >= 4 is 28.4 Å². The van der Waals surface area contributed by atoms with Gasteiger partial charge in [0, 0.05) is 18.4 Å². The lowest BCUT2D eigenvalue weighted by molar-refractivity contribution is 0.312. The van der Waals surface area contributed by atoms with Crippen LogP contribution in [-0.4, -0.2) is 31.0 Å². The predicted octanol–water partition coefficient (Wildman–Crippen LogP) is 2.95. The topological polar surface area (TPSA) is 98.9 Å². The third-order valence-electron chi connectivity index (χ3n) is 4.63. The van der Waals surface area contributed by atoms with Crippen molar-refractivity contribution in [3.8, 4) is 0 Å². The maximum absolute atomic E-state index is 6.95. The standard InChI is InChI=1S/C17H18N8/c1-19-12-9-20-17(21-10-12)22-11-4-2-5-13(8-11)25-15-7-3-6-14(18)16(15)23-24-25/h3,6-7,9-11,13H,2,4-5,8,18H2,(H,20,21,22)/t11-,13+/m1/s1. The van der Waals surface area contributed by atoms with Crippen LogP contribution in [0.3, 0.4) is 0 Å². The summed E-state index contributed by atoms with van der Waals surface area (Å²) < 4.78 is 1.99. The molecule has 3 aromatic rings. The molecule has 0 unspecified atom stereocenters. The Morgan fingerprint density at radius 1 is 1.24 bits per heavy atom. The number of rotatable bonds is 3. The summed E-state index contributed by atoms with van der Waals surface area (Å²) in [6, 6.07) is 6.31. The maximum atomic E-state index is 6.95. The molecule has 0 saturated heterocycles. The van der Waals surface area contributed by atoms with E-state index in [2.05, 4.69) is 30.4 Å². The van der Waals surface area contributed by atoms with Crippen molar-refractivity contribution in [1.82, 2.24) is 25.0 Å². The van der Waals surface area contributed by atoms with Crippen LogP contribution in [0.1, 0.15) is 31.7 Å². The number of nitrogens with zero attached hydrogens (tertiary/aromatic N) is 6. The summed E-state index contributed by atoms with van der Waals surface area (Å²) in [5.74, 6) is 0.561. The Kier molecular flexibility index (Phi) is 3.90. The summed E-state index contributed by atoms with van der Waals surface area (Å²) in [6.07, 6.45) is 7.20. The normalized spacial score (nSPS) is 20.3. The molecule has 3 N–H and O–H groups in total. The van der Waals surface area contributed by atoms with E-state index in [0.29, 0.717) is 17.3 Å². The van der Waals surface area contributed by atoms with Crippen molar-refractivity contribution in [3.63, 3.8) is 0 Å². The van der Waals surface area contributed by atoms with Gasteiger partial charge in [-0.2, -0.15) is 0 Å². The van der Waals surface area contributed by atoms with Crippen LogP contribution in [0.25, 0.3) is 15.9 Å². The van der Waals surface area contributed by atoms with Gasteiger partial charge >= 0.3 is 0 Å². The molecule has 0 amide bonds. The Morgan fingerprint density at radius 2 is 2.08 bits per heavy atom. The lowest BCUT2D eigenvalue weighted by atomic mass is 9.91. The molecule has 2 atom stereocenters. The van der Waals surface area contributed by atoms with Crippen molar-refractivity contribution in [3.05, 3.63) is 42.0 Å². The summed E-state index contributed by atoms with van der Waals surface area (Å²) in [7, 11) is 0. The van der Waals surface area contributed by atoms with Crippen LogP contribution in [0.15, 0.2) is 30.6 Å². The molecule has 1 aromatic carbocycles. The van der Waals surface area contributed by atoms with Gasteiger partial charge in [0.1, 0.15) is 5.52 Å². The smallest absolute Gasteiger partial charge is 0.223 e. The number of hydrogen-bond donors (Lipinski definition) is 2. The number of nitrogen functional groups attached to an aromatic ring is 1. The van der Waals surface area contributed by atoms with Crippen molar-refractivity contribution in [2.75, 3.05) is 11.1 Å². The molecule has 0 bridgehead atoms. The number of fused-ring (bicyclic) bond motifs is 1. The minimum absolute atomic E-state index is 0.262. The molecular formula is C17H18N8. The van der Waals surface area contributed by atoms with Gasteiger partial charge < -0.3 is 11.1 Å². The molecule has 0 spiro atoms. The Hall–Kier alpha value is -3.21. The second-order valence-corrected chi connectivity index (χ2v) is 6.29. The van der Waals surface area contributed by atoms with Crippen molar-refractivity contribution in [1.29, 1.82) is 0 Å². The summed E-state index contributed by atoms with van der Waals surface area (Å²) in [5.41, 5.74) is 8.82. The Bertz CT molecular complexity index is 924. The molecule has 2 aromatic heterocycles. The van der Waals surface area contributed by atoms with Gasteiger partial charge in [-0.1, -0.05) is 11.3 Å². The first-order chi connectivity index (χ1) is 12.2. The second-order valence-electron chi connectivity index (χ2n) is 6.29. The molecule has 8 nitrogen and oxygen atoms in total. The quantitative estimate of drug-likeness (QED) is 0.564. The van der Waals surface area contributed by atoms with E-state index in [4.69, 9.17) is 12.3 Å². The minimum Gasteiger partial charge on any atom is -0.397 e. The number of nitrogens with one attached hydrogen (secondary N) is 1. The van der Waals surface area contributed by atoms with Crippen molar-refractivity contribution < 1.29 is 0 Å². The van der Waals surface area contributed by atoms with E-state index in [1.807, 2.05) is 22.9 Å². The Morgan fingerprint density at radius 3 is 2.88 bits per heavy atom. The minimum atomic E-state index is 0.262. The number of hydrogen-bond acceptors (Lipinski definition) is 6. The summed E-state index contributed by atoms with van der Waals surface area (Å²) in [4.78, 5) is 11.7. The first kappa shape index (κ1) is 15.3. The van der Waals surface area contributed by atoms with Gasteiger partial charge in [0.2, 0.25) is 11.6 Å². The molecule has 1 aliphatic rings. The van der Waals surface area contributed by atoms with Gasteiger partial charge in [-0.15, -0.1) is 5.10 Å². The SMILES string of the molecule is [C-]#[N+]c1cnc(N[C@@H]2CCC[C@H](n3nnc4c(N)cccc43)C2)nc1. The average Bonchev–Trinajstić information content (AvgIpc) is 3.08. The molecule has 1 saturated carbocycles. The lowest BCUT2D eigenvalue weighted by Crippen LogP contribution is -2.30. The zero-order chi connectivity index (χ0) is 17.2. The van der Waals surface area contributed by atoms with Crippen LogP contribution < -0.4 is 11.1 Å². The van der Waals surface area contributed by atoms with E-state index >= 15 is 0 Å². The van der Waals surface area contributed by atoms with Gasteiger partial charge in [0.05, 0.1) is 23.8 Å². The van der Waals surface area contributed by atoms with E-state index in [0.717, 1.165) is 36.7 Å². The third-order valence-corrected chi connectivity index (χ3v) is 4.63. The van der Waals surface area contributed by atoms with Crippen LogP contribution in [0, 0.1) is 6.57 Å². The molecule has 1 aliphatic carbocycles. The summed E-state index contributed by atoms with van der Waals surface area (Å²) >= 11 is 0. The van der Waals surface area contributed by atoms with Crippen LogP contribution in [-0.2, 0) is 0 Å². The van der Waals surface area contributed by atoms with E-state index in [1.54, 1.807) is 0 Å². The monoisotopic (exact) mass is 334 g/mol. The highest BCUT2D eigenvalue weighted by Gasteiger charge is 2.26. The average molecular weight is 334 g/mol. The van der Waals surface area contributed by atoms with E-state index < -0.39 is 0 Å². The second kappa shape index (κ2) is 6.36. The number of anilines is 2. The van der Waals surface area contributed by atoms with E-state index in [9.17, 15) is 0 Å². The molecule has 8 heteroatoms. The number of benzene rings is 1. The molecular weight excluding hydrogens is 316 g/mol. The molecule has 4 rings (SSSR count). The lowest BCUT2D eigenvalue weighted by Gasteiger charge is -2.30. The van der Waals surface area contributed by atoms with Crippen LogP contribution in [0.4, 0.5) is 17.3 Å². The zero-order valence-electron chi connectivity index (χ0n) is 13.6. The molecule has 25 heavy (non-hydrogen) atoms. The molecule has 126 valence electrons. The van der Waals surface area contributed by atoms with Crippen LogP contribution in [0.2, 0.25) is 0 Å². The van der Waals surface area contributed by atoms with Crippen molar-refractivity contribution in [2.45, 2.75) is 37.8 Å². The van der Waals surface area contributed by atoms with Gasteiger partial charge in [0.25, 0.3) is 0 Å². The highest BCUT2D eigenvalue weighted by molar-refractivity contribution is 5.86. The first-order valence-electron chi connectivity index (χ1n) is 8.30. The van der Waals surface area contributed by atoms with Crippen molar-refractivity contribution in [2.24, 2.45) is 0 Å². The van der Waals surface area contributed by atoms with Gasteiger partial charge in [-0.25, -0.2) is 19.5 Å². The zero-order valence-corrected chi connectivity index (χ0v) is 13.6. The highest BCUT2D eigenvalue weighted by atomic mass is 15.4. The summed E-state index contributed by atoms with van der Waals surface area (Å²) in [5, 5.41) is 11.9. The number of nitrogens with two attached hydrogens (primary N) is 1. The molecule has 0 radical (unpaired) electrons. The molecule has 0 aliphatic heterocycles. The Balaban J connectivity index is 1.52. The van der Waals surface area contributed by atoms with Crippen LogP contribution in [0.5, 0.6) is 0 Å². The first-order valence-corrected chi connectivity index (χ1v) is 8.30. The van der Waals surface area contributed by atoms with E-state index in [-0.39, 0.29) is 12.1 Å². The fourth-order valence-electron chi connectivity index (χ4n) is 3.41. The van der Waals surface area contributed by atoms with Gasteiger partial charge in [0.15, 0.2) is 0 Å². The fourth-order valence-corrected chi connectivity index (χ4v) is 3.41. The molecule has 1 fully saturated rings. The fraction of sp³-hybridized carbons (Fsp3) is 0.353. The largest absolute Gasteiger partial charge is 0.397 e. The third kappa shape index (κ3) is 2.96. The maximum Gasteiger partial charge on any atom is 0.223 e. The van der Waals surface area contributed by atoms with Crippen LogP contribution >= 0.6 is 0 Å². The highest BCUT2D eigenvalue weighted by Crippen LogP contribution is 2.32. The summed E-state index contributed by atoms with van der Waals surface area (Å²) in [6.45, 7) is 6.95. The predicted molar refractivity (Wildman–Crippen MR) is 95.2 cm³/mol. The number of aromatic nitrogens is 5. The van der Waals surface area contributed by atoms with E-state index in [1.165, 1.54) is 12.4 Å². The van der Waals surface area contributed by atoms with Gasteiger partial charge in [-0.05, 0) is 37.8 Å².